The van der Waals surface area contributed by atoms with Crippen LogP contribution < -0.4 is 4.90 Å². The van der Waals surface area contributed by atoms with Gasteiger partial charge in [0.2, 0.25) is 0 Å². The lowest BCUT2D eigenvalue weighted by atomic mass is 10.1. The Morgan fingerprint density at radius 1 is 1.33 bits per heavy atom. The Kier molecular flexibility index (Phi) is 4.52. The summed E-state index contributed by atoms with van der Waals surface area (Å²) in [7, 11) is 3.21. The van der Waals surface area contributed by atoms with Crippen LogP contribution in [0.25, 0.3) is 0 Å². The number of pyridine rings is 1. The molecule has 0 amide bonds. The second kappa shape index (κ2) is 6.53. The predicted molar refractivity (Wildman–Crippen MR) is 78.8 cm³/mol. The Hall–Kier alpha value is -2.87. The van der Waals surface area contributed by atoms with Crippen molar-refractivity contribution in [3.05, 3.63) is 59.4 Å². The predicted octanol–water partition coefficient (Wildman–Crippen LogP) is 2.38. The molecular weight excluding hydrogens is 266 g/mol. The van der Waals surface area contributed by atoms with Crippen molar-refractivity contribution in [2.45, 2.75) is 6.54 Å². The van der Waals surface area contributed by atoms with Crippen LogP contribution in [0.15, 0.2) is 42.6 Å². The molecule has 2 aromatic rings. The van der Waals surface area contributed by atoms with Crippen LogP contribution in [-0.4, -0.2) is 25.1 Å². The highest BCUT2D eigenvalue weighted by Crippen LogP contribution is 2.22. The number of para-hydroxylation sites is 1. The van der Waals surface area contributed by atoms with Gasteiger partial charge in [-0.05, 0) is 18.2 Å². The second-order valence-corrected chi connectivity index (χ2v) is 4.49. The number of rotatable bonds is 4. The minimum atomic E-state index is -0.385. The van der Waals surface area contributed by atoms with Gasteiger partial charge in [0, 0.05) is 25.4 Å². The fourth-order valence-corrected chi connectivity index (χ4v) is 2.10. The van der Waals surface area contributed by atoms with E-state index in [0.717, 1.165) is 11.3 Å². The molecule has 106 valence electrons. The van der Waals surface area contributed by atoms with Crippen LogP contribution in [0.2, 0.25) is 0 Å². The molecule has 0 atom stereocenters. The van der Waals surface area contributed by atoms with E-state index in [2.05, 4.69) is 11.1 Å². The number of carbonyl (C=O) groups is 1. The Morgan fingerprint density at radius 2 is 2.10 bits per heavy atom. The van der Waals surface area contributed by atoms with E-state index in [1.54, 1.807) is 24.4 Å². The highest BCUT2D eigenvalue weighted by atomic mass is 16.5. The van der Waals surface area contributed by atoms with Crippen molar-refractivity contribution in [1.82, 2.24) is 4.98 Å². The fourth-order valence-electron chi connectivity index (χ4n) is 2.10. The zero-order chi connectivity index (χ0) is 15.2. The van der Waals surface area contributed by atoms with Gasteiger partial charge in [0.25, 0.3) is 0 Å². The smallest absolute Gasteiger partial charge is 0.339 e. The first kappa shape index (κ1) is 14.5. The average Bonchev–Trinajstić information content (AvgIpc) is 2.54. The van der Waals surface area contributed by atoms with E-state index in [1.165, 1.54) is 7.11 Å². The van der Waals surface area contributed by atoms with Crippen molar-refractivity contribution in [2.24, 2.45) is 0 Å². The molecule has 0 fully saturated rings. The highest BCUT2D eigenvalue weighted by Gasteiger charge is 2.15. The van der Waals surface area contributed by atoms with Crippen molar-refractivity contribution in [3.8, 4) is 6.07 Å². The maximum Gasteiger partial charge on any atom is 0.339 e. The Bertz CT molecular complexity index is 692. The fraction of sp³-hybridized carbons (Fsp3) is 0.188. The van der Waals surface area contributed by atoms with Gasteiger partial charge in [0.05, 0.1) is 18.4 Å². The third-order valence-corrected chi connectivity index (χ3v) is 3.13. The number of hydrogen-bond donors (Lipinski definition) is 0. The molecule has 0 unspecified atom stereocenters. The average molecular weight is 281 g/mol. The Labute approximate surface area is 123 Å². The van der Waals surface area contributed by atoms with E-state index in [4.69, 9.17) is 10.00 Å². The monoisotopic (exact) mass is 281 g/mol. The zero-order valence-corrected chi connectivity index (χ0v) is 11.9. The molecule has 0 saturated heterocycles. The van der Waals surface area contributed by atoms with Gasteiger partial charge in [0.15, 0.2) is 0 Å². The van der Waals surface area contributed by atoms with Crippen molar-refractivity contribution < 1.29 is 9.53 Å². The lowest BCUT2D eigenvalue weighted by Crippen LogP contribution is -2.20. The van der Waals surface area contributed by atoms with Crippen LogP contribution in [-0.2, 0) is 11.3 Å². The minimum absolute atomic E-state index is 0.385. The molecule has 1 heterocycles. The molecule has 5 heteroatoms. The number of benzene rings is 1. The van der Waals surface area contributed by atoms with Gasteiger partial charge in [-0.15, -0.1) is 0 Å². The minimum Gasteiger partial charge on any atom is -0.465 e. The van der Waals surface area contributed by atoms with Gasteiger partial charge in [-0.25, -0.2) is 9.78 Å². The first-order valence-corrected chi connectivity index (χ1v) is 6.40. The van der Waals surface area contributed by atoms with Gasteiger partial charge < -0.3 is 9.64 Å². The number of hydrogen-bond acceptors (Lipinski definition) is 5. The lowest BCUT2D eigenvalue weighted by Gasteiger charge is -2.22. The molecular formula is C16H15N3O2. The van der Waals surface area contributed by atoms with E-state index in [0.29, 0.717) is 17.8 Å². The standard InChI is InChI=1S/C16H15N3O2/c1-19(11-12-6-5-9-18-14(12)10-17)15-8-4-3-7-13(15)16(20)21-2/h3-9H,11H2,1-2H3. The Morgan fingerprint density at radius 3 is 2.81 bits per heavy atom. The molecule has 0 radical (unpaired) electrons. The molecule has 0 aliphatic rings. The summed E-state index contributed by atoms with van der Waals surface area (Å²) in [5.74, 6) is -0.385. The number of esters is 1. The maximum atomic E-state index is 11.8. The number of anilines is 1. The topological polar surface area (TPSA) is 66.2 Å². The largest absolute Gasteiger partial charge is 0.465 e. The number of nitrogens with zero attached hydrogens (tertiary/aromatic N) is 3. The molecule has 0 bridgehead atoms. The molecule has 0 spiro atoms. The second-order valence-electron chi connectivity index (χ2n) is 4.49. The normalized spacial score (nSPS) is 9.76. The molecule has 0 aliphatic heterocycles. The third kappa shape index (κ3) is 3.18. The summed E-state index contributed by atoms with van der Waals surface area (Å²) in [5.41, 5.74) is 2.43. The van der Waals surface area contributed by atoms with Crippen molar-refractivity contribution >= 4 is 11.7 Å². The SMILES string of the molecule is COC(=O)c1ccccc1N(C)Cc1cccnc1C#N. The summed E-state index contributed by atoms with van der Waals surface area (Å²) in [4.78, 5) is 17.7. The van der Waals surface area contributed by atoms with Crippen LogP contribution in [0.4, 0.5) is 5.69 Å². The molecule has 0 aliphatic carbocycles. The third-order valence-electron chi connectivity index (χ3n) is 3.13. The van der Waals surface area contributed by atoms with E-state index >= 15 is 0 Å². The van der Waals surface area contributed by atoms with Gasteiger partial charge >= 0.3 is 5.97 Å². The number of carbonyl (C=O) groups excluding carboxylic acids is 1. The van der Waals surface area contributed by atoms with Crippen molar-refractivity contribution in [2.75, 3.05) is 19.1 Å². The molecule has 1 aromatic carbocycles. The van der Waals surface area contributed by atoms with Crippen LogP contribution in [0.1, 0.15) is 21.6 Å². The quantitative estimate of drug-likeness (QED) is 0.805. The summed E-state index contributed by atoms with van der Waals surface area (Å²) in [6.45, 7) is 0.477. The van der Waals surface area contributed by atoms with E-state index < -0.39 is 0 Å². The number of ether oxygens (including phenoxy) is 1. The van der Waals surface area contributed by atoms with Gasteiger partial charge in [-0.2, -0.15) is 5.26 Å². The van der Waals surface area contributed by atoms with Crippen LogP contribution in [0.3, 0.4) is 0 Å². The Balaban J connectivity index is 2.31. The summed E-state index contributed by atoms with van der Waals surface area (Å²) >= 11 is 0. The first-order chi connectivity index (χ1) is 10.2. The van der Waals surface area contributed by atoms with E-state index in [1.807, 2.05) is 30.1 Å². The van der Waals surface area contributed by atoms with Crippen LogP contribution >= 0.6 is 0 Å². The van der Waals surface area contributed by atoms with Crippen LogP contribution in [0.5, 0.6) is 0 Å². The van der Waals surface area contributed by atoms with Crippen molar-refractivity contribution in [1.29, 1.82) is 5.26 Å². The van der Waals surface area contributed by atoms with Crippen molar-refractivity contribution in [3.63, 3.8) is 0 Å². The van der Waals surface area contributed by atoms with E-state index in [9.17, 15) is 4.79 Å². The molecule has 5 nitrogen and oxygen atoms in total. The maximum absolute atomic E-state index is 11.8. The number of methoxy groups -OCH3 is 1. The molecule has 0 saturated carbocycles. The highest BCUT2D eigenvalue weighted by molar-refractivity contribution is 5.95. The zero-order valence-electron chi connectivity index (χ0n) is 11.9. The number of aromatic nitrogens is 1. The summed E-state index contributed by atoms with van der Waals surface area (Å²) in [5, 5.41) is 9.08. The molecule has 21 heavy (non-hydrogen) atoms. The summed E-state index contributed by atoms with van der Waals surface area (Å²) < 4.78 is 4.79. The molecule has 2 rings (SSSR count). The van der Waals surface area contributed by atoms with Gasteiger partial charge in [-0.3, -0.25) is 0 Å². The number of nitriles is 1. The molecule has 1 aromatic heterocycles. The van der Waals surface area contributed by atoms with Gasteiger partial charge in [-0.1, -0.05) is 18.2 Å². The lowest BCUT2D eigenvalue weighted by molar-refractivity contribution is 0.0601. The first-order valence-electron chi connectivity index (χ1n) is 6.40. The molecule has 0 N–H and O–H groups in total. The summed E-state index contributed by atoms with van der Waals surface area (Å²) in [6.07, 6.45) is 1.59. The summed E-state index contributed by atoms with van der Waals surface area (Å²) in [6, 6.07) is 12.9. The van der Waals surface area contributed by atoms with Crippen LogP contribution in [0, 0.1) is 11.3 Å². The van der Waals surface area contributed by atoms with Gasteiger partial charge in [0.1, 0.15) is 11.8 Å². The van der Waals surface area contributed by atoms with E-state index in [-0.39, 0.29) is 5.97 Å².